The van der Waals surface area contributed by atoms with Gasteiger partial charge in [-0.3, -0.25) is 9.59 Å². The number of thiophene rings is 1. The summed E-state index contributed by atoms with van der Waals surface area (Å²) in [6.45, 7) is 1.15. The number of fused-ring (bicyclic) bond motifs is 1. The molecule has 0 atom stereocenters. The first-order valence-corrected chi connectivity index (χ1v) is 11.4. The summed E-state index contributed by atoms with van der Waals surface area (Å²) in [7, 11) is 1.26. The highest BCUT2D eigenvalue weighted by atomic mass is 32.1. The van der Waals surface area contributed by atoms with E-state index < -0.39 is 47.5 Å². The van der Waals surface area contributed by atoms with Crippen LogP contribution in [0.1, 0.15) is 38.1 Å². The van der Waals surface area contributed by atoms with Crippen LogP contribution < -0.4 is 19.1 Å². The lowest BCUT2D eigenvalue weighted by Crippen LogP contribution is -2.43. The summed E-state index contributed by atoms with van der Waals surface area (Å²) < 4.78 is 59.3. The van der Waals surface area contributed by atoms with Gasteiger partial charge >= 0.3 is 5.97 Å². The fourth-order valence-electron chi connectivity index (χ4n) is 3.75. The zero-order valence-electron chi connectivity index (χ0n) is 18.9. The van der Waals surface area contributed by atoms with Crippen LogP contribution in [0.3, 0.4) is 0 Å². The molecule has 8 nitrogen and oxygen atoms in total. The quantitative estimate of drug-likeness (QED) is 0.433. The lowest BCUT2D eigenvalue weighted by atomic mass is 10.0. The number of rotatable bonds is 8. The number of anilines is 1. The Morgan fingerprint density at radius 1 is 1.08 bits per heavy atom. The number of methoxy groups -OCH3 is 1. The number of carboxylic acid groups (broad SMARTS) is 1. The Balaban J connectivity index is 1.75. The minimum absolute atomic E-state index is 0.00164. The van der Waals surface area contributed by atoms with Crippen molar-refractivity contribution in [3.8, 4) is 17.2 Å². The van der Waals surface area contributed by atoms with Gasteiger partial charge in [0.1, 0.15) is 17.2 Å². The Morgan fingerprint density at radius 2 is 1.81 bits per heavy atom. The van der Waals surface area contributed by atoms with Gasteiger partial charge in [0.05, 0.1) is 37.0 Å². The van der Waals surface area contributed by atoms with E-state index in [0.717, 1.165) is 29.5 Å². The standard InChI is InChI=1S/C24H18F3NO7S/c1-3-34-17-7-14(26)15(8-18(17)35-9-12-16(33-2)5-4-13(25)21(12)27)28-19(29)6-11-10-36-22(24(31)32)20(11)23(28)30/h4-5,7-8,10H,3,6,9H2,1-2H3,(H,31,32). The van der Waals surface area contributed by atoms with E-state index in [-0.39, 0.29) is 51.8 Å². The molecule has 188 valence electrons. The summed E-state index contributed by atoms with van der Waals surface area (Å²) in [5.41, 5.74) is -0.733. The summed E-state index contributed by atoms with van der Waals surface area (Å²) in [5.74, 6) is -6.79. The molecule has 4 rings (SSSR count). The Labute approximate surface area is 206 Å². The minimum Gasteiger partial charge on any atom is -0.496 e. The number of imide groups is 1. The number of amides is 2. The van der Waals surface area contributed by atoms with E-state index in [2.05, 4.69) is 0 Å². The highest BCUT2D eigenvalue weighted by Gasteiger charge is 2.38. The van der Waals surface area contributed by atoms with Crippen molar-refractivity contribution >= 4 is 34.8 Å². The van der Waals surface area contributed by atoms with E-state index in [9.17, 15) is 28.3 Å². The molecule has 0 fully saturated rings. The first-order chi connectivity index (χ1) is 17.2. The number of carbonyl (C=O) groups is 3. The van der Waals surface area contributed by atoms with E-state index in [1.165, 1.54) is 18.6 Å². The topological polar surface area (TPSA) is 102 Å². The van der Waals surface area contributed by atoms with Crippen LogP contribution in [0.25, 0.3) is 0 Å². The van der Waals surface area contributed by atoms with Gasteiger partial charge in [-0.25, -0.2) is 22.9 Å². The summed E-state index contributed by atoms with van der Waals surface area (Å²) in [6.07, 6.45) is -0.320. The first-order valence-electron chi connectivity index (χ1n) is 10.5. The number of benzene rings is 2. The van der Waals surface area contributed by atoms with Gasteiger partial charge < -0.3 is 19.3 Å². The van der Waals surface area contributed by atoms with Gasteiger partial charge in [-0.2, -0.15) is 0 Å². The van der Waals surface area contributed by atoms with E-state index in [4.69, 9.17) is 14.2 Å². The van der Waals surface area contributed by atoms with E-state index >= 15 is 4.39 Å². The highest BCUT2D eigenvalue weighted by Crippen LogP contribution is 2.39. The summed E-state index contributed by atoms with van der Waals surface area (Å²) in [6, 6.07) is 3.99. The third kappa shape index (κ3) is 4.35. The van der Waals surface area contributed by atoms with Crippen LogP contribution in [0.2, 0.25) is 0 Å². The molecule has 0 aliphatic carbocycles. The van der Waals surface area contributed by atoms with Crippen LogP contribution in [0, 0.1) is 17.5 Å². The normalized spacial score (nSPS) is 13.0. The number of hydrogen-bond donors (Lipinski definition) is 1. The molecule has 0 radical (unpaired) electrons. The largest absolute Gasteiger partial charge is 0.496 e. The molecule has 1 aliphatic heterocycles. The predicted octanol–water partition coefficient (Wildman–Crippen LogP) is 4.58. The number of hydrogen-bond acceptors (Lipinski definition) is 7. The molecule has 0 bridgehead atoms. The van der Waals surface area contributed by atoms with Crippen molar-refractivity contribution in [3.63, 3.8) is 0 Å². The molecule has 0 spiro atoms. The third-order valence-electron chi connectivity index (χ3n) is 5.37. The molecule has 2 amide bonds. The van der Waals surface area contributed by atoms with Crippen LogP contribution in [-0.4, -0.2) is 36.6 Å². The number of ether oxygens (including phenoxy) is 3. The molecule has 2 heterocycles. The monoisotopic (exact) mass is 521 g/mol. The van der Waals surface area contributed by atoms with Crippen LogP contribution in [-0.2, 0) is 17.8 Å². The number of carboxylic acids is 1. The molecule has 1 aromatic heterocycles. The zero-order valence-corrected chi connectivity index (χ0v) is 19.7. The molecule has 36 heavy (non-hydrogen) atoms. The molecule has 3 aromatic rings. The minimum atomic E-state index is -1.36. The van der Waals surface area contributed by atoms with Gasteiger partial charge in [0.15, 0.2) is 29.0 Å². The smallest absolute Gasteiger partial charge is 0.346 e. The van der Waals surface area contributed by atoms with Crippen molar-refractivity contribution in [1.82, 2.24) is 0 Å². The molecule has 2 aromatic carbocycles. The molecular weight excluding hydrogens is 503 g/mol. The maximum Gasteiger partial charge on any atom is 0.346 e. The summed E-state index contributed by atoms with van der Waals surface area (Å²) >= 11 is 0.789. The Kier molecular flexibility index (Phi) is 6.88. The van der Waals surface area contributed by atoms with E-state index in [1.807, 2.05) is 0 Å². The zero-order chi connectivity index (χ0) is 26.1. The number of halogens is 3. The second-order valence-electron chi connectivity index (χ2n) is 7.50. The lowest BCUT2D eigenvalue weighted by molar-refractivity contribution is -0.117. The Bertz CT molecular complexity index is 1390. The molecule has 0 saturated carbocycles. The first kappa shape index (κ1) is 25.0. The van der Waals surface area contributed by atoms with Gasteiger partial charge in [0, 0.05) is 12.1 Å². The van der Waals surface area contributed by atoms with Crippen LogP contribution in [0.4, 0.5) is 18.9 Å². The second kappa shape index (κ2) is 9.90. The Hall–Kier alpha value is -4.06. The second-order valence-corrected chi connectivity index (χ2v) is 8.38. The fraction of sp³-hybridized carbons (Fsp3) is 0.208. The molecule has 12 heteroatoms. The number of carbonyl (C=O) groups excluding carboxylic acids is 2. The average Bonchev–Trinajstić information content (AvgIpc) is 3.26. The van der Waals surface area contributed by atoms with Crippen molar-refractivity contribution in [2.24, 2.45) is 0 Å². The van der Waals surface area contributed by atoms with Gasteiger partial charge in [0.2, 0.25) is 5.91 Å². The van der Waals surface area contributed by atoms with Crippen molar-refractivity contribution in [1.29, 1.82) is 0 Å². The lowest BCUT2D eigenvalue weighted by Gasteiger charge is -2.27. The van der Waals surface area contributed by atoms with E-state index in [0.29, 0.717) is 4.90 Å². The SMILES string of the molecule is CCOc1cc(F)c(N2C(=O)Cc3csc(C(=O)O)c3C2=O)cc1OCc1c(OC)ccc(F)c1F. The Morgan fingerprint density at radius 3 is 2.47 bits per heavy atom. The molecular formula is C24H18F3NO7S. The molecule has 1 aliphatic rings. The van der Waals surface area contributed by atoms with Gasteiger partial charge in [-0.1, -0.05) is 0 Å². The van der Waals surface area contributed by atoms with Crippen LogP contribution in [0.5, 0.6) is 17.2 Å². The summed E-state index contributed by atoms with van der Waals surface area (Å²) in [4.78, 5) is 37.7. The van der Waals surface area contributed by atoms with Crippen molar-refractivity contribution in [2.45, 2.75) is 20.0 Å². The van der Waals surface area contributed by atoms with Gasteiger partial charge in [-0.05, 0) is 30.0 Å². The number of aromatic carboxylic acids is 1. The van der Waals surface area contributed by atoms with Crippen molar-refractivity contribution in [2.75, 3.05) is 18.6 Å². The maximum atomic E-state index is 15.1. The average molecular weight is 521 g/mol. The summed E-state index contributed by atoms with van der Waals surface area (Å²) in [5, 5.41) is 10.8. The molecule has 1 N–H and O–H groups in total. The van der Waals surface area contributed by atoms with Crippen molar-refractivity contribution in [3.05, 3.63) is 68.7 Å². The van der Waals surface area contributed by atoms with Crippen molar-refractivity contribution < 1.29 is 46.9 Å². The predicted molar refractivity (Wildman–Crippen MR) is 122 cm³/mol. The van der Waals surface area contributed by atoms with Gasteiger partial charge in [0.25, 0.3) is 5.91 Å². The molecule has 0 saturated heterocycles. The fourth-order valence-corrected chi connectivity index (χ4v) is 4.65. The third-order valence-corrected chi connectivity index (χ3v) is 6.39. The van der Waals surface area contributed by atoms with Crippen LogP contribution >= 0.6 is 11.3 Å². The van der Waals surface area contributed by atoms with Gasteiger partial charge in [-0.15, -0.1) is 11.3 Å². The van der Waals surface area contributed by atoms with E-state index in [1.54, 1.807) is 6.92 Å². The van der Waals surface area contributed by atoms with Crippen LogP contribution in [0.15, 0.2) is 29.6 Å². The highest BCUT2D eigenvalue weighted by molar-refractivity contribution is 7.12. The molecule has 0 unspecified atom stereocenters. The number of nitrogens with zero attached hydrogens (tertiary/aromatic N) is 1. The maximum absolute atomic E-state index is 15.1.